The number of para-hydroxylation sites is 1. The van der Waals surface area contributed by atoms with Crippen LogP contribution in [0.1, 0.15) is 22.6 Å². The first-order valence-corrected chi connectivity index (χ1v) is 7.70. The first kappa shape index (κ1) is 12.7. The van der Waals surface area contributed by atoms with E-state index < -0.39 is 0 Å². The molecule has 2 aromatic rings. The molecule has 0 spiro atoms. The summed E-state index contributed by atoms with van der Waals surface area (Å²) >= 11 is 1.92. The van der Waals surface area contributed by atoms with E-state index in [1.165, 1.54) is 28.3 Å². The molecule has 1 aliphatic rings. The molecule has 1 saturated carbocycles. The van der Waals surface area contributed by atoms with Crippen LogP contribution in [0.2, 0.25) is 0 Å². The second-order valence-electron chi connectivity index (χ2n) is 5.21. The van der Waals surface area contributed by atoms with Crippen LogP contribution in [0.3, 0.4) is 0 Å². The zero-order valence-corrected chi connectivity index (χ0v) is 12.1. The Morgan fingerprint density at radius 2 is 1.84 bits per heavy atom. The fraction of sp³-hybridized carbons (Fsp3) is 0.375. The van der Waals surface area contributed by atoms with Crippen LogP contribution in [0.4, 0.5) is 5.69 Å². The molecule has 0 saturated heterocycles. The SMILES string of the molecule is CN(Cc1ccc(CNC2CC2)s1)c1ccccc1. The zero-order chi connectivity index (χ0) is 13.1. The Labute approximate surface area is 119 Å². The highest BCUT2D eigenvalue weighted by Crippen LogP contribution is 2.23. The smallest absolute Gasteiger partial charge is 0.0519 e. The van der Waals surface area contributed by atoms with Crippen molar-refractivity contribution < 1.29 is 0 Å². The van der Waals surface area contributed by atoms with Gasteiger partial charge in [0.1, 0.15) is 0 Å². The van der Waals surface area contributed by atoms with Crippen molar-refractivity contribution in [3.8, 4) is 0 Å². The number of nitrogens with zero attached hydrogens (tertiary/aromatic N) is 1. The van der Waals surface area contributed by atoms with Gasteiger partial charge in [-0.05, 0) is 37.1 Å². The third-order valence-corrected chi connectivity index (χ3v) is 4.52. The molecule has 3 rings (SSSR count). The van der Waals surface area contributed by atoms with Crippen LogP contribution in [0.15, 0.2) is 42.5 Å². The topological polar surface area (TPSA) is 15.3 Å². The van der Waals surface area contributed by atoms with Crippen molar-refractivity contribution in [1.29, 1.82) is 0 Å². The maximum absolute atomic E-state index is 3.57. The van der Waals surface area contributed by atoms with Crippen molar-refractivity contribution in [2.24, 2.45) is 0 Å². The highest BCUT2D eigenvalue weighted by molar-refractivity contribution is 7.12. The lowest BCUT2D eigenvalue weighted by Gasteiger charge is -2.18. The molecule has 0 bridgehead atoms. The quantitative estimate of drug-likeness (QED) is 0.863. The highest BCUT2D eigenvalue weighted by atomic mass is 32.1. The van der Waals surface area contributed by atoms with Crippen LogP contribution in [0.5, 0.6) is 0 Å². The molecule has 0 atom stereocenters. The molecule has 1 aromatic carbocycles. The van der Waals surface area contributed by atoms with Gasteiger partial charge in [-0.25, -0.2) is 0 Å². The summed E-state index contributed by atoms with van der Waals surface area (Å²) in [5.41, 5.74) is 1.27. The van der Waals surface area contributed by atoms with Gasteiger partial charge in [-0.15, -0.1) is 11.3 Å². The molecular formula is C16H20N2S. The molecule has 19 heavy (non-hydrogen) atoms. The summed E-state index contributed by atoms with van der Waals surface area (Å²) in [6.45, 7) is 2.02. The standard InChI is InChI=1S/C16H20N2S/c1-18(14-5-3-2-4-6-14)12-16-10-9-15(19-16)11-17-13-7-8-13/h2-6,9-10,13,17H,7-8,11-12H2,1H3. The summed E-state index contributed by atoms with van der Waals surface area (Å²) in [5.74, 6) is 0. The van der Waals surface area contributed by atoms with Gasteiger partial charge in [0.2, 0.25) is 0 Å². The van der Waals surface area contributed by atoms with Crippen molar-refractivity contribution in [2.45, 2.75) is 32.0 Å². The fourth-order valence-corrected chi connectivity index (χ4v) is 3.16. The van der Waals surface area contributed by atoms with Gasteiger partial charge >= 0.3 is 0 Å². The van der Waals surface area contributed by atoms with Crippen LogP contribution in [0, 0.1) is 0 Å². The number of hydrogen-bond acceptors (Lipinski definition) is 3. The summed E-state index contributed by atoms with van der Waals surface area (Å²) in [7, 11) is 2.15. The van der Waals surface area contributed by atoms with Gasteiger partial charge in [0.15, 0.2) is 0 Å². The van der Waals surface area contributed by atoms with E-state index in [2.05, 4.69) is 59.7 Å². The Hall–Kier alpha value is -1.32. The van der Waals surface area contributed by atoms with Crippen LogP contribution < -0.4 is 10.2 Å². The van der Waals surface area contributed by atoms with Crippen molar-refractivity contribution in [3.05, 3.63) is 52.2 Å². The lowest BCUT2D eigenvalue weighted by Crippen LogP contribution is -2.15. The number of benzene rings is 1. The molecule has 1 aliphatic carbocycles. The van der Waals surface area contributed by atoms with Crippen molar-refractivity contribution in [1.82, 2.24) is 5.32 Å². The normalized spacial score (nSPS) is 14.6. The molecular weight excluding hydrogens is 252 g/mol. The molecule has 0 unspecified atom stereocenters. The van der Waals surface area contributed by atoms with Gasteiger partial charge in [-0.1, -0.05) is 18.2 Å². The lowest BCUT2D eigenvalue weighted by atomic mass is 10.3. The van der Waals surface area contributed by atoms with E-state index in [0.29, 0.717) is 0 Å². The molecule has 0 amide bonds. The number of hydrogen-bond donors (Lipinski definition) is 1. The Kier molecular flexibility index (Phi) is 3.85. The molecule has 100 valence electrons. The van der Waals surface area contributed by atoms with E-state index in [1.54, 1.807) is 0 Å². The van der Waals surface area contributed by atoms with Crippen molar-refractivity contribution >= 4 is 17.0 Å². The minimum Gasteiger partial charge on any atom is -0.369 e. The van der Waals surface area contributed by atoms with E-state index in [0.717, 1.165) is 19.1 Å². The second-order valence-corrected chi connectivity index (χ2v) is 6.47. The Balaban J connectivity index is 1.56. The summed E-state index contributed by atoms with van der Waals surface area (Å²) in [6.07, 6.45) is 2.71. The summed E-state index contributed by atoms with van der Waals surface area (Å²) < 4.78 is 0. The third-order valence-electron chi connectivity index (χ3n) is 3.45. The number of nitrogens with one attached hydrogen (secondary N) is 1. The van der Waals surface area contributed by atoms with Gasteiger partial charge in [-0.3, -0.25) is 0 Å². The predicted octanol–water partition coefficient (Wildman–Crippen LogP) is 3.64. The fourth-order valence-electron chi connectivity index (χ4n) is 2.14. The van der Waals surface area contributed by atoms with Crippen LogP contribution in [-0.2, 0) is 13.1 Å². The molecule has 3 heteroatoms. The molecule has 2 nitrogen and oxygen atoms in total. The van der Waals surface area contributed by atoms with Gasteiger partial charge in [-0.2, -0.15) is 0 Å². The monoisotopic (exact) mass is 272 g/mol. The number of anilines is 1. The number of rotatable bonds is 6. The van der Waals surface area contributed by atoms with E-state index in [1.807, 2.05) is 11.3 Å². The van der Waals surface area contributed by atoms with E-state index >= 15 is 0 Å². The van der Waals surface area contributed by atoms with Crippen LogP contribution in [-0.4, -0.2) is 13.1 Å². The molecule has 0 radical (unpaired) electrons. The minimum absolute atomic E-state index is 0.789. The summed E-state index contributed by atoms with van der Waals surface area (Å²) in [6, 6.07) is 15.9. The molecule has 1 N–H and O–H groups in total. The van der Waals surface area contributed by atoms with Gasteiger partial charge < -0.3 is 10.2 Å². The third kappa shape index (κ3) is 3.58. The Morgan fingerprint density at radius 1 is 1.11 bits per heavy atom. The molecule has 1 heterocycles. The lowest BCUT2D eigenvalue weighted by molar-refractivity contribution is 0.695. The first-order chi connectivity index (χ1) is 9.31. The first-order valence-electron chi connectivity index (χ1n) is 6.88. The summed E-state index contributed by atoms with van der Waals surface area (Å²) in [4.78, 5) is 5.17. The zero-order valence-electron chi connectivity index (χ0n) is 11.3. The summed E-state index contributed by atoms with van der Waals surface area (Å²) in [5, 5.41) is 3.57. The van der Waals surface area contributed by atoms with E-state index in [4.69, 9.17) is 0 Å². The van der Waals surface area contributed by atoms with E-state index in [-0.39, 0.29) is 0 Å². The largest absolute Gasteiger partial charge is 0.369 e. The molecule has 1 fully saturated rings. The average Bonchev–Trinajstić information content (AvgIpc) is 3.17. The van der Waals surface area contributed by atoms with Crippen molar-refractivity contribution in [2.75, 3.05) is 11.9 Å². The highest BCUT2D eigenvalue weighted by Gasteiger charge is 2.20. The van der Waals surface area contributed by atoms with E-state index in [9.17, 15) is 0 Å². The Bertz CT molecular complexity index is 517. The Morgan fingerprint density at radius 3 is 2.58 bits per heavy atom. The van der Waals surface area contributed by atoms with Gasteiger partial charge in [0, 0.05) is 35.1 Å². The minimum atomic E-state index is 0.789. The second kappa shape index (κ2) is 5.76. The van der Waals surface area contributed by atoms with Crippen LogP contribution >= 0.6 is 11.3 Å². The maximum Gasteiger partial charge on any atom is 0.0519 e. The van der Waals surface area contributed by atoms with Gasteiger partial charge in [0.05, 0.1) is 6.54 Å². The van der Waals surface area contributed by atoms with Crippen molar-refractivity contribution in [3.63, 3.8) is 0 Å². The van der Waals surface area contributed by atoms with Crippen LogP contribution in [0.25, 0.3) is 0 Å². The average molecular weight is 272 g/mol. The van der Waals surface area contributed by atoms with Gasteiger partial charge in [0.25, 0.3) is 0 Å². The molecule has 1 aromatic heterocycles. The molecule has 0 aliphatic heterocycles. The predicted molar refractivity (Wildman–Crippen MR) is 82.7 cm³/mol. The maximum atomic E-state index is 3.57. The number of thiophene rings is 1.